The molecule has 4 aromatic rings. The fraction of sp³-hybridized carbons (Fsp3) is 0.185. The fourth-order valence-electron chi connectivity index (χ4n) is 3.81. The Bertz CT molecular complexity index is 1570. The molecule has 40 heavy (non-hydrogen) atoms. The maximum Gasteiger partial charge on any atom is 0.435 e. The first kappa shape index (κ1) is 28.9. The average Bonchev–Trinajstić information content (AvgIpc) is 3.31. The Kier molecular flexibility index (Phi) is 8.36. The molecule has 13 heteroatoms. The van der Waals surface area contributed by atoms with Crippen LogP contribution >= 0.6 is 23.2 Å². The van der Waals surface area contributed by atoms with E-state index in [-0.39, 0.29) is 35.2 Å². The van der Waals surface area contributed by atoms with Gasteiger partial charge in [0, 0.05) is 23.1 Å². The zero-order chi connectivity index (χ0) is 29.2. The molecule has 0 unspecified atom stereocenters. The van der Waals surface area contributed by atoms with Gasteiger partial charge in [-0.1, -0.05) is 54.3 Å². The number of carbonyl (C=O) groups excluding carboxylic acids is 1. The number of hydrogen-bond acceptors (Lipinski definition) is 6. The molecular weight excluding hydrogens is 574 g/mol. The third kappa shape index (κ3) is 6.21. The SMILES string of the molecule is CC(C)c1onc(-c2c(Cl)cccc2Cl)c1COc1ccc(NC(=O)c2cccc(C(=O)O)c2)c(C(F)(F)F)n1. The molecule has 0 spiro atoms. The number of aromatic carboxylic acids is 1. The number of amides is 1. The van der Waals surface area contributed by atoms with Gasteiger partial charge in [-0.05, 0) is 36.4 Å². The number of carbonyl (C=O) groups is 2. The molecule has 0 atom stereocenters. The van der Waals surface area contributed by atoms with Crippen LogP contribution in [-0.2, 0) is 12.8 Å². The molecule has 208 valence electrons. The van der Waals surface area contributed by atoms with Crippen molar-refractivity contribution >= 4 is 40.8 Å². The van der Waals surface area contributed by atoms with Gasteiger partial charge in [0.2, 0.25) is 5.88 Å². The average molecular weight is 594 g/mol. The predicted molar refractivity (Wildman–Crippen MR) is 141 cm³/mol. The van der Waals surface area contributed by atoms with Crippen LogP contribution in [0, 0.1) is 0 Å². The van der Waals surface area contributed by atoms with Crippen molar-refractivity contribution in [3.63, 3.8) is 0 Å². The summed E-state index contributed by atoms with van der Waals surface area (Å²) in [6.45, 7) is 3.41. The Morgan fingerprint density at radius 2 is 1.70 bits per heavy atom. The summed E-state index contributed by atoms with van der Waals surface area (Å²) < 4.78 is 52.8. The number of carboxylic acid groups (broad SMARTS) is 1. The highest BCUT2D eigenvalue weighted by molar-refractivity contribution is 6.39. The number of pyridine rings is 1. The van der Waals surface area contributed by atoms with Crippen molar-refractivity contribution in [1.82, 2.24) is 10.1 Å². The lowest BCUT2D eigenvalue weighted by Gasteiger charge is -2.15. The van der Waals surface area contributed by atoms with Gasteiger partial charge in [-0.3, -0.25) is 4.79 Å². The topological polar surface area (TPSA) is 115 Å². The van der Waals surface area contributed by atoms with Gasteiger partial charge < -0.3 is 19.7 Å². The van der Waals surface area contributed by atoms with Crippen molar-refractivity contribution in [3.8, 4) is 17.1 Å². The van der Waals surface area contributed by atoms with E-state index in [1.807, 2.05) is 13.8 Å². The normalized spacial score (nSPS) is 11.5. The molecule has 0 saturated heterocycles. The van der Waals surface area contributed by atoms with Gasteiger partial charge in [-0.2, -0.15) is 13.2 Å². The number of anilines is 1. The van der Waals surface area contributed by atoms with Crippen LogP contribution < -0.4 is 10.1 Å². The van der Waals surface area contributed by atoms with E-state index >= 15 is 0 Å². The molecule has 1 amide bonds. The smallest absolute Gasteiger partial charge is 0.435 e. The summed E-state index contributed by atoms with van der Waals surface area (Å²) in [7, 11) is 0. The van der Waals surface area contributed by atoms with Crippen LogP contribution in [0.25, 0.3) is 11.3 Å². The first-order chi connectivity index (χ1) is 18.9. The maximum absolute atomic E-state index is 13.9. The van der Waals surface area contributed by atoms with Gasteiger partial charge in [0.1, 0.15) is 18.1 Å². The van der Waals surface area contributed by atoms with Crippen LogP contribution in [0.15, 0.2) is 59.1 Å². The predicted octanol–water partition coefficient (Wildman–Crippen LogP) is 7.72. The zero-order valence-electron chi connectivity index (χ0n) is 20.8. The van der Waals surface area contributed by atoms with Crippen LogP contribution in [-0.4, -0.2) is 27.1 Å². The first-order valence-electron chi connectivity index (χ1n) is 11.7. The number of benzene rings is 2. The second-order valence-corrected chi connectivity index (χ2v) is 9.61. The van der Waals surface area contributed by atoms with Gasteiger partial charge in [-0.25, -0.2) is 9.78 Å². The van der Waals surface area contributed by atoms with Crippen molar-refractivity contribution in [2.45, 2.75) is 32.5 Å². The van der Waals surface area contributed by atoms with Crippen molar-refractivity contribution in [3.05, 3.63) is 92.8 Å². The zero-order valence-corrected chi connectivity index (χ0v) is 22.4. The second-order valence-electron chi connectivity index (χ2n) is 8.80. The standard InChI is InChI=1S/C27H20Cl2F3N3O5/c1-13(2)23-16(22(35-40-23)21-17(28)7-4-8-18(21)29)12-39-20-10-9-19(24(34-20)27(30,31)32)33-25(36)14-5-3-6-15(11-14)26(37)38/h3-11,13H,12H2,1-2H3,(H,33,36)(H,37,38). The number of nitrogens with one attached hydrogen (secondary N) is 1. The number of carboxylic acids is 1. The summed E-state index contributed by atoms with van der Waals surface area (Å²) in [6, 6.07) is 11.9. The van der Waals surface area contributed by atoms with Crippen LogP contribution in [0.1, 0.15) is 57.5 Å². The molecule has 2 aromatic heterocycles. The minimum absolute atomic E-state index is 0.146. The highest BCUT2D eigenvalue weighted by Gasteiger charge is 2.37. The minimum atomic E-state index is -4.96. The summed E-state index contributed by atoms with van der Waals surface area (Å²) in [4.78, 5) is 27.4. The quantitative estimate of drug-likeness (QED) is 0.215. The van der Waals surface area contributed by atoms with Crippen molar-refractivity contribution in [2.75, 3.05) is 5.32 Å². The Hall–Kier alpha value is -4.09. The number of rotatable bonds is 8. The maximum atomic E-state index is 13.9. The highest BCUT2D eigenvalue weighted by atomic mass is 35.5. The first-order valence-corrected chi connectivity index (χ1v) is 12.4. The minimum Gasteiger partial charge on any atom is -0.478 e. The van der Waals surface area contributed by atoms with Gasteiger partial charge in [-0.15, -0.1) is 0 Å². The summed E-state index contributed by atoms with van der Waals surface area (Å²) in [5.41, 5.74) is -1.29. The van der Waals surface area contributed by atoms with E-state index < -0.39 is 29.4 Å². The van der Waals surface area contributed by atoms with E-state index in [1.54, 1.807) is 18.2 Å². The second kappa shape index (κ2) is 11.6. The molecule has 0 aliphatic heterocycles. The van der Waals surface area contributed by atoms with Gasteiger partial charge >= 0.3 is 12.1 Å². The Morgan fingerprint density at radius 3 is 2.33 bits per heavy atom. The monoisotopic (exact) mass is 593 g/mol. The Morgan fingerprint density at radius 1 is 1.05 bits per heavy atom. The molecular formula is C27H20Cl2F3N3O5. The third-order valence-electron chi connectivity index (χ3n) is 5.67. The Balaban J connectivity index is 1.63. The molecule has 4 rings (SSSR count). The van der Waals surface area contributed by atoms with E-state index in [4.69, 9.17) is 37.6 Å². The number of alkyl halides is 3. The van der Waals surface area contributed by atoms with Crippen LogP contribution in [0.4, 0.5) is 18.9 Å². The number of aromatic nitrogens is 2. The van der Waals surface area contributed by atoms with Gasteiger partial charge in [0.15, 0.2) is 5.69 Å². The van der Waals surface area contributed by atoms with Crippen molar-refractivity contribution in [1.29, 1.82) is 0 Å². The van der Waals surface area contributed by atoms with E-state index in [1.165, 1.54) is 18.2 Å². The van der Waals surface area contributed by atoms with E-state index in [2.05, 4.69) is 15.5 Å². The van der Waals surface area contributed by atoms with Crippen LogP contribution in [0.3, 0.4) is 0 Å². The van der Waals surface area contributed by atoms with E-state index in [9.17, 15) is 22.8 Å². The summed E-state index contributed by atoms with van der Waals surface area (Å²) >= 11 is 12.7. The van der Waals surface area contributed by atoms with Crippen LogP contribution in [0.2, 0.25) is 10.0 Å². The largest absolute Gasteiger partial charge is 0.478 e. The van der Waals surface area contributed by atoms with Crippen molar-refractivity contribution in [2.24, 2.45) is 0 Å². The molecule has 2 heterocycles. The lowest BCUT2D eigenvalue weighted by Crippen LogP contribution is -2.18. The Labute approximate surface area is 235 Å². The van der Waals surface area contributed by atoms with Crippen molar-refractivity contribution < 1.29 is 37.1 Å². The summed E-state index contributed by atoms with van der Waals surface area (Å²) in [5, 5.41) is 15.9. The molecule has 0 bridgehead atoms. The summed E-state index contributed by atoms with van der Waals surface area (Å²) in [6.07, 6.45) is -4.96. The molecule has 8 nitrogen and oxygen atoms in total. The number of nitrogens with zero attached hydrogens (tertiary/aromatic N) is 2. The van der Waals surface area contributed by atoms with E-state index in [0.29, 0.717) is 26.9 Å². The number of hydrogen-bond donors (Lipinski definition) is 2. The molecule has 0 fully saturated rings. The highest BCUT2D eigenvalue weighted by Crippen LogP contribution is 2.39. The third-order valence-corrected chi connectivity index (χ3v) is 6.29. The number of halogens is 5. The lowest BCUT2D eigenvalue weighted by molar-refractivity contribution is -0.140. The van der Waals surface area contributed by atoms with Crippen LogP contribution in [0.5, 0.6) is 5.88 Å². The van der Waals surface area contributed by atoms with E-state index in [0.717, 1.165) is 18.2 Å². The molecule has 0 aliphatic rings. The molecule has 0 aliphatic carbocycles. The molecule has 0 saturated carbocycles. The van der Waals surface area contributed by atoms with Gasteiger partial charge in [0.25, 0.3) is 5.91 Å². The molecule has 2 aromatic carbocycles. The molecule has 0 radical (unpaired) electrons. The molecule has 2 N–H and O–H groups in total. The fourth-order valence-corrected chi connectivity index (χ4v) is 4.38. The number of ether oxygens (including phenoxy) is 1. The van der Waals surface area contributed by atoms with Gasteiger partial charge in [0.05, 0.1) is 26.9 Å². The summed E-state index contributed by atoms with van der Waals surface area (Å²) in [5.74, 6) is -2.35. The lowest BCUT2D eigenvalue weighted by atomic mass is 10.0.